The van der Waals surface area contributed by atoms with E-state index in [2.05, 4.69) is 35.5 Å². The molecule has 114 valence electrons. The lowest BCUT2D eigenvalue weighted by atomic mass is 10.1. The van der Waals surface area contributed by atoms with Crippen LogP contribution >= 0.6 is 0 Å². The van der Waals surface area contributed by atoms with Gasteiger partial charge < -0.3 is 10.3 Å². The topological polar surface area (TPSA) is 56.7 Å². The van der Waals surface area contributed by atoms with Crippen LogP contribution in [-0.4, -0.2) is 20.1 Å². The third-order valence-electron chi connectivity index (χ3n) is 3.87. The quantitative estimate of drug-likeness (QED) is 0.805. The molecule has 0 aliphatic carbocycles. The van der Waals surface area contributed by atoms with Gasteiger partial charge >= 0.3 is 0 Å². The number of benzene rings is 1. The average Bonchev–Trinajstić information content (AvgIpc) is 2.77. The zero-order valence-electron chi connectivity index (χ0n) is 13.6. The van der Waals surface area contributed by atoms with Crippen LogP contribution in [0.15, 0.2) is 36.7 Å². The minimum absolute atomic E-state index is 0.311. The summed E-state index contributed by atoms with van der Waals surface area (Å²) in [5, 5.41) is 0. The molecule has 2 aromatic heterocycles. The maximum absolute atomic E-state index is 6.27. The zero-order chi connectivity index (χ0) is 15.9. The normalized spacial score (nSPS) is 12.0. The molecule has 4 nitrogen and oxygen atoms in total. The number of imidazole rings is 1. The van der Waals surface area contributed by atoms with Crippen LogP contribution in [0.4, 0.5) is 0 Å². The Morgan fingerprint density at radius 3 is 2.36 bits per heavy atom. The van der Waals surface area contributed by atoms with Crippen LogP contribution in [-0.2, 0) is 6.54 Å². The van der Waals surface area contributed by atoms with E-state index in [1.54, 1.807) is 12.4 Å². The molecule has 0 saturated carbocycles. The molecule has 0 bridgehead atoms. The Morgan fingerprint density at radius 2 is 1.73 bits per heavy atom. The fourth-order valence-corrected chi connectivity index (χ4v) is 2.67. The number of nitrogens with two attached hydrogens (primary N) is 1. The van der Waals surface area contributed by atoms with Gasteiger partial charge in [-0.3, -0.25) is 4.98 Å². The standard InChI is InChI=1S/C18H22N4/c1-12-9-15-16(10-13(12)2)22(11-18(3,4)19)17(21-15)14-5-7-20-8-6-14/h5-10H,11,19H2,1-4H3. The number of rotatable bonds is 3. The Labute approximate surface area is 131 Å². The summed E-state index contributed by atoms with van der Waals surface area (Å²) in [5.74, 6) is 0.945. The second-order valence-electron chi connectivity index (χ2n) is 6.67. The molecule has 0 amide bonds. The van der Waals surface area contributed by atoms with Crippen molar-refractivity contribution in [2.45, 2.75) is 39.8 Å². The first-order valence-corrected chi connectivity index (χ1v) is 7.52. The highest BCUT2D eigenvalue weighted by Crippen LogP contribution is 2.27. The van der Waals surface area contributed by atoms with Crippen LogP contribution in [0, 0.1) is 13.8 Å². The Morgan fingerprint density at radius 1 is 1.09 bits per heavy atom. The van der Waals surface area contributed by atoms with Crippen molar-refractivity contribution in [3.8, 4) is 11.4 Å². The van der Waals surface area contributed by atoms with Crippen LogP contribution in [0.3, 0.4) is 0 Å². The third-order valence-corrected chi connectivity index (χ3v) is 3.87. The van der Waals surface area contributed by atoms with Gasteiger partial charge in [0.15, 0.2) is 0 Å². The monoisotopic (exact) mass is 294 g/mol. The lowest BCUT2D eigenvalue weighted by Gasteiger charge is -2.21. The molecule has 2 N–H and O–H groups in total. The first kappa shape index (κ1) is 14.7. The van der Waals surface area contributed by atoms with Crippen LogP contribution < -0.4 is 5.73 Å². The minimum Gasteiger partial charge on any atom is -0.324 e. The van der Waals surface area contributed by atoms with Crippen molar-refractivity contribution in [2.75, 3.05) is 0 Å². The first-order chi connectivity index (χ1) is 10.3. The number of nitrogens with zero attached hydrogens (tertiary/aromatic N) is 3. The SMILES string of the molecule is Cc1cc2nc(-c3ccncc3)n(CC(C)(C)N)c2cc1C. The molecule has 0 saturated heterocycles. The summed E-state index contributed by atoms with van der Waals surface area (Å²) in [6.45, 7) is 9.04. The lowest BCUT2D eigenvalue weighted by molar-refractivity contribution is 0.442. The summed E-state index contributed by atoms with van der Waals surface area (Å²) in [6.07, 6.45) is 3.59. The van der Waals surface area contributed by atoms with Crippen molar-refractivity contribution in [1.29, 1.82) is 0 Å². The molecule has 0 spiro atoms. The predicted molar refractivity (Wildman–Crippen MR) is 90.7 cm³/mol. The van der Waals surface area contributed by atoms with E-state index < -0.39 is 0 Å². The smallest absolute Gasteiger partial charge is 0.141 e. The fraction of sp³-hybridized carbons (Fsp3) is 0.333. The van der Waals surface area contributed by atoms with E-state index in [1.807, 2.05) is 26.0 Å². The maximum Gasteiger partial charge on any atom is 0.141 e. The summed E-state index contributed by atoms with van der Waals surface area (Å²) in [6, 6.07) is 8.32. The minimum atomic E-state index is -0.311. The number of hydrogen-bond acceptors (Lipinski definition) is 3. The van der Waals surface area contributed by atoms with Crippen LogP contribution in [0.1, 0.15) is 25.0 Å². The fourth-order valence-electron chi connectivity index (χ4n) is 2.67. The molecule has 0 aliphatic rings. The van der Waals surface area contributed by atoms with E-state index in [0.29, 0.717) is 6.54 Å². The Balaban J connectivity index is 2.28. The third kappa shape index (κ3) is 2.74. The Kier molecular flexibility index (Phi) is 3.49. The van der Waals surface area contributed by atoms with Gasteiger partial charge in [0.2, 0.25) is 0 Å². The Bertz CT molecular complexity index is 810. The highest BCUT2D eigenvalue weighted by atomic mass is 15.1. The van der Waals surface area contributed by atoms with Gasteiger partial charge in [-0.05, 0) is 63.1 Å². The zero-order valence-corrected chi connectivity index (χ0v) is 13.6. The van der Waals surface area contributed by atoms with Crippen molar-refractivity contribution in [1.82, 2.24) is 14.5 Å². The first-order valence-electron chi connectivity index (χ1n) is 7.52. The highest BCUT2D eigenvalue weighted by Gasteiger charge is 2.19. The molecule has 0 unspecified atom stereocenters. The molecule has 4 heteroatoms. The molecule has 22 heavy (non-hydrogen) atoms. The van der Waals surface area contributed by atoms with E-state index in [1.165, 1.54) is 11.1 Å². The van der Waals surface area contributed by atoms with Crippen LogP contribution in [0.2, 0.25) is 0 Å². The highest BCUT2D eigenvalue weighted by molar-refractivity contribution is 5.82. The number of aromatic nitrogens is 3. The summed E-state index contributed by atoms with van der Waals surface area (Å²) < 4.78 is 2.22. The predicted octanol–water partition coefficient (Wildman–Crippen LogP) is 3.45. The summed E-state index contributed by atoms with van der Waals surface area (Å²) in [5.41, 5.74) is 11.7. The number of fused-ring (bicyclic) bond motifs is 1. The van der Waals surface area contributed by atoms with Gasteiger partial charge in [0.1, 0.15) is 5.82 Å². The van der Waals surface area contributed by atoms with Crippen molar-refractivity contribution >= 4 is 11.0 Å². The van der Waals surface area contributed by atoms with Gasteiger partial charge in [0.05, 0.1) is 11.0 Å². The number of aryl methyl sites for hydroxylation is 2. The molecule has 1 aromatic carbocycles. The van der Waals surface area contributed by atoms with Gasteiger partial charge in [-0.25, -0.2) is 4.98 Å². The van der Waals surface area contributed by atoms with E-state index in [4.69, 9.17) is 10.7 Å². The molecule has 0 fully saturated rings. The maximum atomic E-state index is 6.27. The summed E-state index contributed by atoms with van der Waals surface area (Å²) in [7, 11) is 0. The number of hydrogen-bond donors (Lipinski definition) is 1. The van der Waals surface area contributed by atoms with Crippen molar-refractivity contribution < 1.29 is 0 Å². The molecule has 3 aromatic rings. The van der Waals surface area contributed by atoms with Crippen LogP contribution in [0.5, 0.6) is 0 Å². The molecule has 0 aliphatic heterocycles. The summed E-state index contributed by atoms with van der Waals surface area (Å²) in [4.78, 5) is 8.94. The van der Waals surface area contributed by atoms with Crippen molar-refractivity contribution in [3.05, 3.63) is 47.8 Å². The van der Waals surface area contributed by atoms with Crippen molar-refractivity contribution in [2.24, 2.45) is 5.73 Å². The second kappa shape index (κ2) is 5.21. The average molecular weight is 294 g/mol. The van der Waals surface area contributed by atoms with E-state index >= 15 is 0 Å². The second-order valence-corrected chi connectivity index (χ2v) is 6.67. The van der Waals surface area contributed by atoms with E-state index in [0.717, 1.165) is 22.4 Å². The molecular formula is C18H22N4. The van der Waals surface area contributed by atoms with Gasteiger partial charge in [-0.15, -0.1) is 0 Å². The van der Waals surface area contributed by atoms with Gasteiger partial charge in [0, 0.05) is 30.0 Å². The molecule has 2 heterocycles. The van der Waals surface area contributed by atoms with E-state index in [-0.39, 0.29) is 5.54 Å². The van der Waals surface area contributed by atoms with Crippen LogP contribution in [0.25, 0.3) is 22.4 Å². The lowest BCUT2D eigenvalue weighted by Crippen LogP contribution is -2.37. The largest absolute Gasteiger partial charge is 0.324 e. The Hall–Kier alpha value is -2.20. The molecule has 3 rings (SSSR count). The van der Waals surface area contributed by atoms with Crippen molar-refractivity contribution in [3.63, 3.8) is 0 Å². The molecular weight excluding hydrogens is 272 g/mol. The van der Waals surface area contributed by atoms with Gasteiger partial charge in [0.25, 0.3) is 0 Å². The van der Waals surface area contributed by atoms with E-state index in [9.17, 15) is 0 Å². The summed E-state index contributed by atoms with van der Waals surface area (Å²) >= 11 is 0. The van der Waals surface area contributed by atoms with Gasteiger partial charge in [-0.1, -0.05) is 0 Å². The molecule has 0 atom stereocenters. The van der Waals surface area contributed by atoms with Gasteiger partial charge in [-0.2, -0.15) is 0 Å². The number of pyridine rings is 1. The molecule has 0 radical (unpaired) electrons.